The van der Waals surface area contributed by atoms with Gasteiger partial charge in [0.1, 0.15) is 11.9 Å². The van der Waals surface area contributed by atoms with Crippen LogP contribution in [0.1, 0.15) is 38.2 Å². The molecule has 0 bridgehead atoms. The van der Waals surface area contributed by atoms with Gasteiger partial charge in [-0.05, 0) is 45.4 Å². The van der Waals surface area contributed by atoms with E-state index in [1.54, 1.807) is 0 Å². The highest BCUT2D eigenvalue weighted by atomic mass is 35.5. The van der Waals surface area contributed by atoms with Gasteiger partial charge in [-0.2, -0.15) is 0 Å². The Morgan fingerprint density at radius 3 is 2.62 bits per heavy atom. The number of amides is 1. The van der Waals surface area contributed by atoms with Crippen molar-refractivity contribution in [2.45, 2.75) is 39.6 Å². The van der Waals surface area contributed by atoms with Crippen LogP contribution in [0.15, 0.2) is 18.2 Å². The molecular formula is C16H22ClN3O. The second kappa shape index (κ2) is 6.48. The number of hydrogen-bond acceptors (Lipinski definition) is 2. The van der Waals surface area contributed by atoms with Crippen LogP contribution in [0.4, 0.5) is 0 Å². The van der Waals surface area contributed by atoms with Crippen LogP contribution in [0.2, 0.25) is 0 Å². The van der Waals surface area contributed by atoms with Crippen LogP contribution in [0.3, 0.4) is 0 Å². The zero-order valence-corrected chi connectivity index (χ0v) is 13.8. The molecule has 5 heteroatoms. The van der Waals surface area contributed by atoms with Gasteiger partial charge in [-0.25, -0.2) is 4.98 Å². The number of aryl methyl sites for hydroxylation is 1. The SMILES string of the molecule is CCN(CC)C(=O)C(C)n1c(CCl)nc2cc(C)ccc21. The van der Waals surface area contributed by atoms with Gasteiger partial charge < -0.3 is 9.47 Å². The minimum Gasteiger partial charge on any atom is -0.341 e. The number of aromatic nitrogens is 2. The van der Waals surface area contributed by atoms with E-state index in [1.807, 2.05) is 55.4 Å². The normalized spacial score (nSPS) is 12.6. The van der Waals surface area contributed by atoms with E-state index in [-0.39, 0.29) is 11.9 Å². The van der Waals surface area contributed by atoms with Gasteiger partial charge in [0.2, 0.25) is 5.91 Å². The van der Waals surface area contributed by atoms with Gasteiger partial charge in [-0.3, -0.25) is 4.79 Å². The Kier molecular flexibility index (Phi) is 4.88. The molecule has 0 spiro atoms. The number of nitrogens with zero attached hydrogens (tertiary/aromatic N) is 3. The van der Waals surface area contributed by atoms with Crippen molar-refractivity contribution in [1.29, 1.82) is 0 Å². The molecule has 1 aromatic heterocycles. The van der Waals surface area contributed by atoms with Crippen LogP contribution in [-0.4, -0.2) is 33.4 Å². The lowest BCUT2D eigenvalue weighted by atomic mass is 10.2. The van der Waals surface area contributed by atoms with Crippen LogP contribution in [0.25, 0.3) is 11.0 Å². The number of alkyl halides is 1. The van der Waals surface area contributed by atoms with Crippen molar-refractivity contribution in [2.24, 2.45) is 0 Å². The summed E-state index contributed by atoms with van der Waals surface area (Å²) in [7, 11) is 0. The van der Waals surface area contributed by atoms with Crippen LogP contribution in [0, 0.1) is 6.92 Å². The Balaban J connectivity index is 2.51. The minimum absolute atomic E-state index is 0.103. The first-order valence-electron chi connectivity index (χ1n) is 7.35. The molecule has 0 radical (unpaired) electrons. The van der Waals surface area contributed by atoms with E-state index in [1.165, 1.54) is 0 Å². The predicted molar refractivity (Wildman–Crippen MR) is 86.7 cm³/mol. The fourth-order valence-corrected chi connectivity index (χ4v) is 2.88. The van der Waals surface area contributed by atoms with Gasteiger partial charge in [0, 0.05) is 13.1 Å². The van der Waals surface area contributed by atoms with Crippen molar-refractivity contribution in [3.05, 3.63) is 29.6 Å². The second-order valence-corrected chi connectivity index (χ2v) is 5.48. The fraction of sp³-hybridized carbons (Fsp3) is 0.500. The lowest BCUT2D eigenvalue weighted by molar-refractivity contribution is -0.133. The van der Waals surface area contributed by atoms with E-state index in [0.29, 0.717) is 19.0 Å². The second-order valence-electron chi connectivity index (χ2n) is 5.21. The zero-order chi connectivity index (χ0) is 15.6. The van der Waals surface area contributed by atoms with E-state index in [4.69, 9.17) is 11.6 Å². The Morgan fingerprint density at radius 1 is 1.38 bits per heavy atom. The summed E-state index contributed by atoms with van der Waals surface area (Å²) in [5.41, 5.74) is 3.00. The number of carbonyl (C=O) groups excluding carboxylic acids is 1. The molecule has 0 saturated heterocycles. The largest absolute Gasteiger partial charge is 0.341 e. The molecule has 1 heterocycles. The van der Waals surface area contributed by atoms with Gasteiger partial charge in [0.25, 0.3) is 0 Å². The van der Waals surface area contributed by atoms with Crippen molar-refractivity contribution in [3.8, 4) is 0 Å². The lowest BCUT2D eigenvalue weighted by Gasteiger charge is -2.25. The molecule has 2 rings (SSSR count). The molecule has 0 N–H and O–H groups in total. The number of benzene rings is 1. The predicted octanol–water partition coefficient (Wildman–Crippen LogP) is 3.51. The van der Waals surface area contributed by atoms with Crippen molar-refractivity contribution in [1.82, 2.24) is 14.5 Å². The smallest absolute Gasteiger partial charge is 0.245 e. The summed E-state index contributed by atoms with van der Waals surface area (Å²) in [5, 5.41) is 0. The Labute approximate surface area is 130 Å². The highest BCUT2D eigenvalue weighted by Gasteiger charge is 2.24. The fourth-order valence-electron chi connectivity index (χ4n) is 2.70. The highest BCUT2D eigenvalue weighted by molar-refractivity contribution is 6.17. The Morgan fingerprint density at radius 2 is 2.05 bits per heavy atom. The number of hydrogen-bond donors (Lipinski definition) is 0. The summed E-state index contributed by atoms with van der Waals surface area (Å²) in [5.74, 6) is 1.14. The van der Waals surface area contributed by atoms with Crippen molar-refractivity contribution >= 4 is 28.5 Å². The third-order valence-corrected chi connectivity index (χ3v) is 4.10. The van der Waals surface area contributed by atoms with E-state index in [0.717, 1.165) is 22.4 Å². The maximum atomic E-state index is 12.6. The van der Waals surface area contributed by atoms with Gasteiger partial charge in [0.05, 0.1) is 16.9 Å². The van der Waals surface area contributed by atoms with E-state index >= 15 is 0 Å². The van der Waals surface area contributed by atoms with Gasteiger partial charge in [-0.15, -0.1) is 11.6 Å². The summed E-state index contributed by atoms with van der Waals surface area (Å²) < 4.78 is 1.96. The molecule has 0 aliphatic heterocycles. The number of halogens is 1. The molecule has 21 heavy (non-hydrogen) atoms. The number of rotatable bonds is 5. The molecule has 0 fully saturated rings. The number of likely N-dealkylation sites (N-methyl/N-ethyl adjacent to an activating group) is 1. The van der Waals surface area contributed by atoms with E-state index < -0.39 is 0 Å². The minimum atomic E-state index is -0.300. The molecule has 1 unspecified atom stereocenters. The molecule has 1 atom stereocenters. The maximum Gasteiger partial charge on any atom is 0.245 e. The van der Waals surface area contributed by atoms with Gasteiger partial charge in [-0.1, -0.05) is 6.07 Å². The molecule has 0 saturated carbocycles. The van der Waals surface area contributed by atoms with E-state index in [9.17, 15) is 4.79 Å². The third-order valence-electron chi connectivity index (χ3n) is 3.86. The third kappa shape index (κ3) is 2.91. The monoisotopic (exact) mass is 307 g/mol. The summed E-state index contributed by atoms with van der Waals surface area (Å²) in [6.45, 7) is 9.35. The molecule has 114 valence electrons. The van der Waals surface area contributed by atoms with Crippen LogP contribution in [0.5, 0.6) is 0 Å². The summed E-state index contributed by atoms with van der Waals surface area (Å²) in [4.78, 5) is 19.0. The standard InChI is InChI=1S/C16H22ClN3O/c1-5-19(6-2)16(21)12(4)20-14-8-7-11(3)9-13(14)18-15(20)10-17/h7-9,12H,5-6,10H2,1-4H3. The average Bonchev–Trinajstić information content (AvgIpc) is 2.84. The van der Waals surface area contributed by atoms with Crippen LogP contribution < -0.4 is 0 Å². The number of carbonyl (C=O) groups is 1. The van der Waals surface area contributed by atoms with Gasteiger partial charge >= 0.3 is 0 Å². The first-order valence-corrected chi connectivity index (χ1v) is 7.89. The first-order chi connectivity index (χ1) is 10.0. The quantitative estimate of drug-likeness (QED) is 0.793. The average molecular weight is 308 g/mol. The molecule has 0 aliphatic carbocycles. The first kappa shape index (κ1) is 15.8. The van der Waals surface area contributed by atoms with Crippen LogP contribution >= 0.6 is 11.6 Å². The molecule has 2 aromatic rings. The van der Waals surface area contributed by atoms with Crippen molar-refractivity contribution < 1.29 is 4.79 Å². The van der Waals surface area contributed by atoms with Gasteiger partial charge in [0.15, 0.2) is 0 Å². The van der Waals surface area contributed by atoms with Crippen LogP contribution in [-0.2, 0) is 10.7 Å². The highest BCUT2D eigenvalue weighted by Crippen LogP contribution is 2.24. The summed E-state index contributed by atoms with van der Waals surface area (Å²) in [6.07, 6.45) is 0. The molecular weight excluding hydrogens is 286 g/mol. The number of imidazole rings is 1. The zero-order valence-electron chi connectivity index (χ0n) is 13.1. The lowest BCUT2D eigenvalue weighted by Crippen LogP contribution is -2.36. The summed E-state index contributed by atoms with van der Waals surface area (Å²) in [6, 6.07) is 5.77. The Hall–Kier alpha value is -1.55. The number of fused-ring (bicyclic) bond motifs is 1. The molecule has 4 nitrogen and oxygen atoms in total. The molecule has 0 aliphatic rings. The topological polar surface area (TPSA) is 38.1 Å². The summed E-state index contributed by atoms with van der Waals surface area (Å²) >= 11 is 6.03. The van der Waals surface area contributed by atoms with Crippen molar-refractivity contribution in [3.63, 3.8) is 0 Å². The molecule has 1 amide bonds. The Bertz CT molecular complexity index is 646. The van der Waals surface area contributed by atoms with Crippen molar-refractivity contribution in [2.75, 3.05) is 13.1 Å². The maximum absolute atomic E-state index is 12.6. The van der Waals surface area contributed by atoms with E-state index in [2.05, 4.69) is 4.98 Å². The molecule has 1 aromatic carbocycles.